The fraction of sp³-hybridized carbons (Fsp3) is 0.462. The van der Waals surface area contributed by atoms with Crippen LogP contribution in [0.4, 0.5) is 5.69 Å². The first-order valence-electron chi connectivity index (χ1n) is 5.97. The molecule has 1 aromatic carbocycles. The number of hydrogen-bond donors (Lipinski definition) is 1. The van der Waals surface area contributed by atoms with Gasteiger partial charge in [0, 0.05) is 10.7 Å². The van der Waals surface area contributed by atoms with E-state index in [1.54, 1.807) is 12.1 Å². The van der Waals surface area contributed by atoms with Crippen molar-refractivity contribution in [2.75, 3.05) is 18.4 Å². The number of likely N-dealkylation sites (tertiary alicyclic amines) is 1. The van der Waals surface area contributed by atoms with Gasteiger partial charge in [-0.2, -0.15) is 0 Å². The third-order valence-corrected chi connectivity index (χ3v) is 3.40. The molecule has 1 amide bonds. The van der Waals surface area contributed by atoms with E-state index in [4.69, 9.17) is 11.6 Å². The van der Waals surface area contributed by atoms with Crippen molar-refractivity contribution >= 4 is 23.2 Å². The van der Waals surface area contributed by atoms with Crippen molar-refractivity contribution < 1.29 is 4.79 Å². The summed E-state index contributed by atoms with van der Waals surface area (Å²) >= 11 is 5.87. The van der Waals surface area contributed by atoms with Crippen LogP contribution in [0, 0.1) is 0 Å². The number of amides is 1. The fourth-order valence-electron chi connectivity index (χ4n) is 2.11. The molecule has 1 fully saturated rings. The number of carbonyl (C=O) groups is 1. The minimum atomic E-state index is -0.0727. The van der Waals surface area contributed by atoms with Crippen LogP contribution in [0.25, 0.3) is 0 Å². The quantitative estimate of drug-likeness (QED) is 0.897. The second-order valence-corrected chi connectivity index (χ2v) is 4.86. The summed E-state index contributed by atoms with van der Waals surface area (Å²) in [7, 11) is 0. The molecular weight excluding hydrogens is 236 g/mol. The van der Waals surface area contributed by atoms with Crippen LogP contribution in [-0.2, 0) is 4.79 Å². The molecule has 0 saturated carbocycles. The van der Waals surface area contributed by atoms with Gasteiger partial charge in [0.2, 0.25) is 5.91 Å². The highest BCUT2D eigenvalue weighted by molar-refractivity contribution is 6.30. The molecule has 0 aliphatic carbocycles. The molecule has 0 spiro atoms. The standard InChI is InChI=1S/C13H17ClN2O/c1-10(16-7-2-3-8-16)13(17)15-12-6-4-5-11(14)9-12/h4-6,9-10H,2-3,7-8H2,1H3,(H,15,17)/t10-/m1/s1. The predicted molar refractivity (Wildman–Crippen MR) is 70.4 cm³/mol. The minimum absolute atomic E-state index is 0.0363. The van der Waals surface area contributed by atoms with Crippen LogP contribution in [0.3, 0.4) is 0 Å². The Morgan fingerprint density at radius 2 is 2.12 bits per heavy atom. The maximum absolute atomic E-state index is 12.0. The smallest absolute Gasteiger partial charge is 0.241 e. The highest BCUT2D eigenvalue weighted by Crippen LogP contribution is 2.17. The Kier molecular flexibility index (Phi) is 4.02. The first kappa shape index (κ1) is 12.4. The lowest BCUT2D eigenvalue weighted by Crippen LogP contribution is -2.40. The van der Waals surface area contributed by atoms with Crippen LogP contribution in [-0.4, -0.2) is 29.9 Å². The van der Waals surface area contributed by atoms with Crippen LogP contribution < -0.4 is 5.32 Å². The van der Waals surface area contributed by atoms with Gasteiger partial charge in [0.25, 0.3) is 0 Å². The Morgan fingerprint density at radius 1 is 1.41 bits per heavy atom. The zero-order valence-electron chi connectivity index (χ0n) is 9.95. The lowest BCUT2D eigenvalue weighted by atomic mass is 10.2. The summed E-state index contributed by atoms with van der Waals surface area (Å²) in [4.78, 5) is 14.2. The van der Waals surface area contributed by atoms with Crippen molar-refractivity contribution in [3.63, 3.8) is 0 Å². The number of nitrogens with zero attached hydrogens (tertiary/aromatic N) is 1. The second-order valence-electron chi connectivity index (χ2n) is 4.42. The Morgan fingerprint density at radius 3 is 2.76 bits per heavy atom. The van der Waals surface area contributed by atoms with E-state index in [9.17, 15) is 4.79 Å². The molecule has 1 atom stereocenters. The predicted octanol–water partition coefficient (Wildman–Crippen LogP) is 2.76. The molecule has 17 heavy (non-hydrogen) atoms. The summed E-state index contributed by atoms with van der Waals surface area (Å²) in [6, 6.07) is 7.16. The van der Waals surface area contributed by atoms with Crippen LogP contribution in [0.15, 0.2) is 24.3 Å². The first-order valence-corrected chi connectivity index (χ1v) is 6.35. The molecule has 0 unspecified atom stereocenters. The van der Waals surface area contributed by atoms with Crippen molar-refractivity contribution in [3.8, 4) is 0 Å². The van der Waals surface area contributed by atoms with Crippen LogP contribution in [0.2, 0.25) is 5.02 Å². The zero-order valence-corrected chi connectivity index (χ0v) is 10.7. The molecule has 3 nitrogen and oxygen atoms in total. The third-order valence-electron chi connectivity index (χ3n) is 3.16. The summed E-state index contributed by atoms with van der Waals surface area (Å²) in [5.41, 5.74) is 0.758. The van der Waals surface area contributed by atoms with Crippen LogP contribution >= 0.6 is 11.6 Å². The summed E-state index contributed by atoms with van der Waals surface area (Å²) in [6.45, 7) is 3.99. The number of rotatable bonds is 3. The summed E-state index contributed by atoms with van der Waals surface area (Å²) in [6.07, 6.45) is 2.38. The van der Waals surface area contributed by atoms with E-state index in [1.165, 1.54) is 12.8 Å². The molecule has 0 bridgehead atoms. The van der Waals surface area contributed by atoms with Crippen molar-refractivity contribution in [1.82, 2.24) is 4.90 Å². The van der Waals surface area contributed by atoms with E-state index in [0.29, 0.717) is 5.02 Å². The van der Waals surface area contributed by atoms with Gasteiger partial charge in [-0.1, -0.05) is 17.7 Å². The van der Waals surface area contributed by atoms with Gasteiger partial charge in [-0.3, -0.25) is 9.69 Å². The Balaban J connectivity index is 1.96. The van der Waals surface area contributed by atoms with Crippen LogP contribution in [0.1, 0.15) is 19.8 Å². The average Bonchev–Trinajstić information content (AvgIpc) is 2.81. The van der Waals surface area contributed by atoms with Gasteiger partial charge in [-0.15, -0.1) is 0 Å². The van der Waals surface area contributed by atoms with Gasteiger partial charge in [0.1, 0.15) is 0 Å². The molecule has 0 aromatic heterocycles. The Bertz CT molecular complexity index is 402. The fourth-order valence-corrected chi connectivity index (χ4v) is 2.30. The number of anilines is 1. The number of hydrogen-bond acceptors (Lipinski definition) is 2. The van der Waals surface area contributed by atoms with Gasteiger partial charge < -0.3 is 5.32 Å². The van der Waals surface area contributed by atoms with Crippen LogP contribution in [0.5, 0.6) is 0 Å². The van der Waals surface area contributed by atoms with E-state index < -0.39 is 0 Å². The van der Waals surface area contributed by atoms with Gasteiger partial charge >= 0.3 is 0 Å². The maximum Gasteiger partial charge on any atom is 0.241 e. The van der Waals surface area contributed by atoms with Crippen molar-refractivity contribution in [2.24, 2.45) is 0 Å². The molecule has 4 heteroatoms. The SMILES string of the molecule is C[C@H](C(=O)Nc1cccc(Cl)c1)N1CCCC1. The maximum atomic E-state index is 12.0. The summed E-state index contributed by atoms with van der Waals surface area (Å²) < 4.78 is 0. The first-order chi connectivity index (χ1) is 8.16. The molecule has 1 N–H and O–H groups in total. The summed E-state index contributed by atoms with van der Waals surface area (Å²) in [5, 5.41) is 3.53. The molecule has 1 heterocycles. The lowest BCUT2D eigenvalue weighted by Gasteiger charge is -2.22. The number of benzene rings is 1. The molecule has 1 saturated heterocycles. The van der Waals surface area contributed by atoms with Gasteiger partial charge in [0.15, 0.2) is 0 Å². The zero-order chi connectivity index (χ0) is 12.3. The monoisotopic (exact) mass is 252 g/mol. The Labute approximate surface area is 107 Å². The van der Waals surface area contributed by atoms with E-state index >= 15 is 0 Å². The highest BCUT2D eigenvalue weighted by atomic mass is 35.5. The van der Waals surface area contributed by atoms with Gasteiger partial charge in [0.05, 0.1) is 6.04 Å². The third kappa shape index (κ3) is 3.20. The highest BCUT2D eigenvalue weighted by Gasteiger charge is 2.23. The largest absolute Gasteiger partial charge is 0.325 e. The molecule has 1 aliphatic heterocycles. The number of halogens is 1. The molecule has 92 valence electrons. The lowest BCUT2D eigenvalue weighted by molar-refractivity contribution is -0.120. The average molecular weight is 253 g/mol. The molecule has 1 aliphatic rings. The molecule has 1 aromatic rings. The molecule has 2 rings (SSSR count). The van der Waals surface area contributed by atoms with Gasteiger partial charge in [-0.25, -0.2) is 0 Å². The normalized spacial score (nSPS) is 18.0. The van der Waals surface area contributed by atoms with Crippen molar-refractivity contribution in [3.05, 3.63) is 29.3 Å². The second kappa shape index (κ2) is 5.52. The van der Waals surface area contributed by atoms with E-state index in [-0.39, 0.29) is 11.9 Å². The minimum Gasteiger partial charge on any atom is -0.325 e. The van der Waals surface area contributed by atoms with E-state index in [2.05, 4.69) is 10.2 Å². The van der Waals surface area contributed by atoms with E-state index in [1.807, 2.05) is 19.1 Å². The van der Waals surface area contributed by atoms with Crippen molar-refractivity contribution in [1.29, 1.82) is 0 Å². The van der Waals surface area contributed by atoms with Crippen molar-refractivity contribution in [2.45, 2.75) is 25.8 Å². The number of nitrogens with one attached hydrogen (secondary N) is 1. The molecule has 0 radical (unpaired) electrons. The topological polar surface area (TPSA) is 32.3 Å². The Hall–Kier alpha value is -1.06. The van der Waals surface area contributed by atoms with E-state index in [0.717, 1.165) is 18.8 Å². The summed E-state index contributed by atoms with van der Waals surface area (Å²) in [5.74, 6) is 0.0363. The number of carbonyl (C=O) groups excluding carboxylic acids is 1. The molecular formula is C13H17ClN2O. The van der Waals surface area contributed by atoms with Gasteiger partial charge in [-0.05, 0) is 51.1 Å².